The van der Waals surface area contributed by atoms with Gasteiger partial charge >= 0.3 is 6.03 Å². The Labute approximate surface area is 173 Å². The van der Waals surface area contributed by atoms with Crippen LogP contribution in [0.2, 0.25) is 5.02 Å². The van der Waals surface area contributed by atoms with Crippen molar-refractivity contribution in [2.24, 2.45) is 0 Å². The van der Waals surface area contributed by atoms with E-state index in [4.69, 9.17) is 20.9 Å². The van der Waals surface area contributed by atoms with Crippen molar-refractivity contribution < 1.29 is 14.1 Å². The quantitative estimate of drug-likeness (QED) is 0.626. The first-order valence-corrected chi connectivity index (χ1v) is 9.92. The van der Waals surface area contributed by atoms with Gasteiger partial charge in [-0.05, 0) is 44.0 Å². The van der Waals surface area contributed by atoms with E-state index in [1.165, 1.54) is 0 Å². The zero-order valence-electron chi connectivity index (χ0n) is 16.0. The maximum absolute atomic E-state index is 12.9. The smallest absolute Gasteiger partial charge is 0.322 e. The molecule has 150 valence electrons. The summed E-state index contributed by atoms with van der Waals surface area (Å²) in [5.74, 6) is 1.52. The van der Waals surface area contributed by atoms with Crippen molar-refractivity contribution in [2.75, 3.05) is 18.5 Å². The lowest BCUT2D eigenvalue weighted by Crippen LogP contribution is -2.34. The first kappa shape index (κ1) is 19.3. The van der Waals surface area contributed by atoms with Crippen molar-refractivity contribution in [2.45, 2.75) is 25.8 Å². The number of halogens is 1. The van der Waals surface area contributed by atoms with Gasteiger partial charge in [-0.2, -0.15) is 4.98 Å². The number of anilines is 1. The summed E-state index contributed by atoms with van der Waals surface area (Å²) in [5.41, 5.74) is 1.40. The average Bonchev–Trinajstić information content (AvgIpc) is 3.39. The number of aromatic nitrogens is 2. The van der Waals surface area contributed by atoms with Crippen molar-refractivity contribution in [1.29, 1.82) is 0 Å². The van der Waals surface area contributed by atoms with Gasteiger partial charge < -0.3 is 19.5 Å². The number of para-hydroxylation sites is 2. The summed E-state index contributed by atoms with van der Waals surface area (Å²) in [6.07, 6.45) is 1.62. The van der Waals surface area contributed by atoms with E-state index in [2.05, 4.69) is 15.5 Å². The van der Waals surface area contributed by atoms with Crippen molar-refractivity contribution >= 4 is 23.3 Å². The number of likely N-dealkylation sites (tertiary alicyclic amines) is 1. The van der Waals surface area contributed by atoms with Crippen molar-refractivity contribution in [3.05, 3.63) is 59.4 Å². The maximum atomic E-state index is 12.9. The molecule has 1 atom stereocenters. The highest BCUT2D eigenvalue weighted by molar-refractivity contribution is 6.30. The average molecular weight is 413 g/mol. The summed E-state index contributed by atoms with van der Waals surface area (Å²) < 4.78 is 11.1. The minimum atomic E-state index is -0.269. The summed E-state index contributed by atoms with van der Waals surface area (Å²) in [5, 5.41) is 7.60. The molecule has 4 rings (SSSR count). The zero-order chi connectivity index (χ0) is 20.2. The molecule has 1 N–H and O–H groups in total. The number of carbonyl (C=O) groups is 1. The highest BCUT2D eigenvalue weighted by Crippen LogP contribution is 2.33. The second kappa shape index (κ2) is 8.53. The lowest BCUT2D eigenvalue weighted by atomic mass is 10.2. The molecule has 0 spiro atoms. The number of hydrogen-bond acceptors (Lipinski definition) is 5. The molecule has 1 aliphatic heterocycles. The lowest BCUT2D eigenvalue weighted by molar-refractivity contribution is 0.193. The van der Waals surface area contributed by atoms with Crippen LogP contribution in [0.5, 0.6) is 5.75 Å². The summed E-state index contributed by atoms with van der Waals surface area (Å²) in [4.78, 5) is 19.2. The Morgan fingerprint density at radius 3 is 3.00 bits per heavy atom. The molecule has 1 saturated heterocycles. The van der Waals surface area contributed by atoms with Gasteiger partial charge in [-0.1, -0.05) is 41.0 Å². The molecule has 7 nitrogen and oxygen atoms in total. The van der Waals surface area contributed by atoms with Gasteiger partial charge in [-0.25, -0.2) is 4.79 Å². The van der Waals surface area contributed by atoms with Crippen molar-refractivity contribution in [1.82, 2.24) is 15.0 Å². The Hall–Kier alpha value is -3.06. The summed E-state index contributed by atoms with van der Waals surface area (Å²) in [6, 6.07) is 14.1. The zero-order valence-corrected chi connectivity index (χ0v) is 16.7. The number of nitrogens with one attached hydrogen (secondary N) is 1. The summed E-state index contributed by atoms with van der Waals surface area (Å²) in [7, 11) is 0. The summed E-state index contributed by atoms with van der Waals surface area (Å²) in [6.45, 7) is 3.04. The van der Waals surface area contributed by atoms with E-state index in [1.807, 2.05) is 43.3 Å². The minimum absolute atomic E-state index is 0.220. The standard InChI is InChI=1S/C21H21ClN4O3/c1-2-28-18-11-4-3-9-16(18)23-21(27)26-12-6-10-17(26)20-24-19(25-29-20)14-7-5-8-15(22)13-14/h3-5,7-9,11,13,17H,2,6,10,12H2,1H3,(H,23,27). The van der Waals surface area contributed by atoms with Crippen LogP contribution in [0.25, 0.3) is 11.4 Å². The van der Waals surface area contributed by atoms with E-state index < -0.39 is 0 Å². The number of hydrogen-bond donors (Lipinski definition) is 1. The van der Waals surface area contributed by atoms with Gasteiger partial charge in [0, 0.05) is 17.1 Å². The highest BCUT2D eigenvalue weighted by atomic mass is 35.5. The molecule has 29 heavy (non-hydrogen) atoms. The van der Waals surface area contributed by atoms with Gasteiger partial charge in [0.1, 0.15) is 11.8 Å². The number of benzene rings is 2. The van der Waals surface area contributed by atoms with Crippen LogP contribution in [-0.4, -0.2) is 34.2 Å². The molecule has 1 fully saturated rings. The van der Waals surface area contributed by atoms with Gasteiger partial charge in [0.25, 0.3) is 0 Å². The van der Waals surface area contributed by atoms with E-state index in [0.717, 1.165) is 18.4 Å². The molecule has 2 heterocycles. The molecule has 2 aromatic carbocycles. The topological polar surface area (TPSA) is 80.5 Å². The van der Waals surface area contributed by atoms with Crippen LogP contribution in [-0.2, 0) is 0 Å². The lowest BCUT2D eigenvalue weighted by Gasteiger charge is -2.23. The Morgan fingerprint density at radius 2 is 2.17 bits per heavy atom. The first-order chi connectivity index (χ1) is 14.2. The van der Waals surface area contributed by atoms with Crippen LogP contribution in [0.3, 0.4) is 0 Å². The molecule has 8 heteroatoms. The molecule has 0 bridgehead atoms. The Kier molecular flexibility index (Phi) is 5.67. The molecule has 0 saturated carbocycles. The van der Waals surface area contributed by atoms with Crippen molar-refractivity contribution in [3.63, 3.8) is 0 Å². The molecule has 0 radical (unpaired) electrons. The van der Waals surface area contributed by atoms with Crippen molar-refractivity contribution in [3.8, 4) is 17.1 Å². The molecule has 1 aromatic heterocycles. The number of rotatable bonds is 5. The molecule has 3 aromatic rings. The van der Waals surface area contributed by atoms with E-state index in [1.54, 1.807) is 17.0 Å². The monoisotopic (exact) mass is 412 g/mol. The SMILES string of the molecule is CCOc1ccccc1NC(=O)N1CCCC1c1nc(-c2cccc(Cl)c2)no1. The van der Waals surface area contributed by atoms with E-state index >= 15 is 0 Å². The Balaban J connectivity index is 1.52. The van der Waals surface area contributed by atoms with Gasteiger partial charge in [0.15, 0.2) is 0 Å². The number of ether oxygens (including phenoxy) is 1. The highest BCUT2D eigenvalue weighted by Gasteiger charge is 2.34. The van der Waals surface area contributed by atoms with E-state index in [-0.39, 0.29) is 12.1 Å². The number of nitrogens with zero attached hydrogens (tertiary/aromatic N) is 3. The van der Waals surface area contributed by atoms with Crippen LogP contribution in [0.1, 0.15) is 31.7 Å². The summed E-state index contributed by atoms with van der Waals surface area (Å²) >= 11 is 6.05. The van der Waals surface area contributed by atoms with Crippen LogP contribution in [0.15, 0.2) is 53.1 Å². The predicted octanol–water partition coefficient (Wildman–Crippen LogP) is 5.16. The third-order valence-corrected chi connectivity index (χ3v) is 4.99. The largest absolute Gasteiger partial charge is 0.492 e. The second-order valence-electron chi connectivity index (χ2n) is 6.68. The third-order valence-electron chi connectivity index (χ3n) is 4.75. The van der Waals surface area contributed by atoms with E-state index in [9.17, 15) is 4.79 Å². The third kappa shape index (κ3) is 4.19. The molecule has 0 aliphatic carbocycles. The van der Waals surface area contributed by atoms with Gasteiger partial charge in [-0.3, -0.25) is 0 Å². The fourth-order valence-electron chi connectivity index (χ4n) is 3.42. The van der Waals surface area contributed by atoms with Gasteiger partial charge in [-0.15, -0.1) is 0 Å². The number of amides is 2. The number of urea groups is 1. The van der Waals surface area contributed by atoms with Crippen LogP contribution in [0.4, 0.5) is 10.5 Å². The minimum Gasteiger partial charge on any atom is -0.492 e. The molecule has 1 unspecified atom stereocenters. The van der Waals surface area contributed by atoms with Gasteiger partial charge in [0.2, 0.25) is 11.7 Å². The fraction of sp³-hybridized carbons (Fsp3) is 0.286. The normalized spacial score (nSPS) is 16.1. The molecule has 1 aliphatic rings. The predicted molar refractivity (Wildman–Crippen MR) is 110 cm³/mol. The second-order valence-corrected chi connectivity index (χ2v) is 7.11. The Bertz CT molecular complexity index is 1010. The van der Waals surface area contributed by atoms with Crippen LogP contribution in [0, 0.1) is 0 Å². The molecular weight excluding hydrogens is 392 g/mol. The van der Waals surface area contributed by atoms with E-state index in [0.29, 0.717) is 41.3 Å². The maximum Gasteiger partial charge on any atom is 0.322 e. The fourth-order valence-corrected chi connectivity index (χ4v) is 3.61. The first-order valence-electron chi connectivity index (χ1n) is 9.54. The number of carbonyl (C=O) groups excluding carboxylic acids is 1. The van der Waals surface area contributed by atoms with Crippen LogP contribution < -0.4 is 10.1 Å². The van der Waals surface area contributed by atoms with Gasteiger partial charge in [0.05, 0.1) is 12.3 Å². The molecule has 2 amide bonds. The molecular formula is C21H21ClN4O3. The van der Waals surface area contributed by atoms with Crippen LogP contribution >= 0.6 is 11.6 Å². The Morgan fingerprint density at radius 1 is 1.31 bits per heavy atom.